The minimum Gasteiger partial charge on any atom is -0.346 e. The zero-order chi connectivity index (χ0) is 20.5. The average Bonchev–Trinajstić information content (AvgIpc) is 3.03. The van der Waals surface area contributed by atoms with Gasteiger partial charge in [-0.05, 0) is 42.3 Å². The zero-order valence-electron chi connectivity index (χ0n) is 15.3. The minimum absolute atomic E-state index is 0.178. The predicted molar refractivity (Wildman–Crippen MR) is 103 cm³/mol. The lowest BCUT2D eigenvalue weighted by Gasteiger charge is -2.29. The van der Waals surface area contributed by atoms with Crippen molar-refractivity contribution < 1.29 is 19.2 Å². The molecule has 1 atom stereocenters. The Morgan fingerprint density at radius 2 is 2.10 bits per heavy atom. The van der Waals surface area contributed by atoms with Gasteiger partial charge in [-0.1, -0.05) is 11.6 Å². The van der Waals surface area contributed by atoms with E-state index in [-0.39, 0.29) is 37.2 Å². The standard InChI is InChI=1S/C20H17ClN4O4/c21-14-2-1-7-22-15(14)9-23-18(27)11-3-4-13-12(8-11)10-25(20(13)29)16-5-6-17(26)24-19(16)28/h1-4,7-8,16H,5-6,9-10H2,(H,23,27)(H,24,26,28)/t16-/m0/s1. The first-order valence-corrected chi connectivity index (χ1v) is 9.47. The Bertz CT molecular complexity index is 1040. The molecular formula is C20H17ClN4O4. The van der Waals surface area contributed by atoms with Crippen LogP contribution in [0.15, 0.2) is 36.5 Å². The first-order valence-electron chi connectivity index (χ1n) is 9.09. The fourth-order valence-corrected chi connectivity index (χ4v) is 3.72. The molecule has 8 nitrogen and oxygen atoms in total. The van der Waals surface area contributed by atoms with E-state index in [9.17, 15) is 19.2 Å². The summed E-state index contributed by atoms with van der Waals surface area (Å²) in [6.45, 7) is 0.393. The van der Waals surface area contributed by atoms with E-state index >= 15 is 0 Å². The van der Waals surface area contributed by atoms with E-state index in [0.717, 1.165) is 0 Å². The summed E-state index contributed by atoms with van der Waals surface area (Å²) < 4.78 is 0. The van der Waals surface area contributed by atoms with Crippen LogP contribution in [0.3, 0.4) is 0 Å². The van der Waals surface area contributed by atoms with Crippen LogP contribution in [-0.2, 0) is 22.7 Å². The predicted octanol–water partition coefficient (Wildman–Crippen LogP) is 1.43. The molecule has 1 fully saturated rings. The molecule has 4 rings (SSSR count). The van der Waals surface area contributed by atoms with Crippen LogP contribution in [0.25, 0.3) is 0 Å². The lowest BCUT2D eigenvalue weighted by Crippen LogP contribution is -2.52. The van der Waals surface area contributed by atoms with Gasteiger partial charge in [-0.2, -0.15) is 0 Å². The maximum Gasteiger partial charge on any atom is 0.255 e. The van der Waals surface area contributed by atoms with E-state index in [0.29, 0.717) is 33.8 Å². The van der Waals surface area contributed by atoms with Crippen molar-refractivity contribution in [1.29, 1.82) is 0 Å². The van der Waals surface area contributed by atoms with Crippen LogP contribution in [0.4, 0.5) is 0 Å². The molecule has 3 heterocycles. The first-order chi connectivity index (χ1) is 13.9. The maximum atomic E-state index is 12.7. The number of imide groups is 1. The van der Waals surface area contributed by atoms with E-state index in [1.807, 2.05) is 0 Å². The van der Waals surface area contributed by atoms with E-state index in [1.54, 1.807) is 36.5 Å². The van der Waals surface area contributed by atoms with Crippen LogP contribution in [-0.4, -0.2) is 39.6 Å². The third kappa shape index (κ3) is 3.71. The van der Waals surface area contributed by atoms with Gasteiger partial charge in [0.25, 0.3) is 11.8 Å². The van der Waals surface area contributed by atoms with Gasteiger partial charge in [-0.3, -0.25) is 29.5 Å². The van der Waals surface area contributed by atoms with Gasteiger partial charge < -0.3 is 10.2 Å². The van der Waals surface area contributed by atoms with Crippen LogP contribution in [0.2, 0.25) is 5.02 Å². The molecular weight excluding hydrogens is 396 g/mol. The quantitative estimate of drug-likeness (QED) is 0.738. The Balaban J connectivity index is 1.47. The summed E-state index contributed by atoms with van der Waals surface area (Å²) in [5, 5.41) is 5.49. The largest absolute Gasteiger partial charge is 0.346 e. The van der Waals surface area contributed by atoms with Gasteiger partial charge in [0.2, 0.25) is 11.8 Å². The molecule has 0 aliphatic carbocycles. The second-order valence-corrected chi connectivity index (χ2v) is 7.29. The van der Waals surface area contributed by atoms with Crippen molar-refractivity contribution in [2.75, 3.05) is 0 Å². The Morgan fingerprint density at radius 3 is 2.86 bits per heavy atom. The number of pyridine rings is 1. The number of piperidine rings is 1. The van der Waals surface area contributed by atoms with Gasteiger partial charge in [0.05, 0.1) is 17.3 Å². The van der Waals surface area contributed by atoms with Crippen LogP contribution in [0.1, 0.15) is 44.8 Å². The number of rotatable bonds is 4. The number of benzene rings is 1. The van der Waals surface area contributed by atoms with Crippen molar-refractivity contribution in [1.82, 2.24) is 20.5 Å². The maximum absolute atomic E-state index is 12.7. The summed E-state index contributed by atoms with van der Waals surface area (Å²) >= 11 is 6.05. The molecule has 0 saturated carbocycles. The molecule has 9 heteroatoms. The molecule has 0 radical (unpaired) electrons. The highest BCUT2D eigenvalue weighted by molar-refractivity contribution is 6.31. The molecule has 2 aromatic rings. The SMILES string of the molecule is O=C1CC[C@H](N2Cc3cc(C(=O)NCc4ncccc4Cl)ccc3C2=O)C(=O)N1. The average molecular weight is 413 g/mol. The topological polar surface area (TPSA) is 108 Å². The number of halogens is 1. The summed E-state index contributed by atoms with van der Waals surface area (Å²) in [7, 11) is 0. The number of aromatic nitrogens is 1. The van der Waals surface area contributed by atoms with Crippen molar-refractivity contribution in [2.45, 2.75) is 32.0 Å². The Morgan fingerprint density at radius 1 is 1.28 bits per heavy atom. The Labute approximate surface area is 171 Å². The van der Waals surface area contributed by atoms with Crippen LogP contribution >= 0.6 is 11.6 Å². The monoisotopic (exact) mass is 412 g/mol. The van der Waals surface area contributed by atoms with Crippen molar-refractivity contribution in [3.05, 3.63) is 63.9 Å². The van der Waals surface area contributed by atoms with E-state index in [4.69, 9.17) is 11.6 Å². The number of carbonyl (C=O) groups is 4. The fourth-order valence-electron chi connectivity index (χ4n) is 3.53. The van der Waals surface area contributed by atoms with Crippen molar-refractivity contribution >= 4 is 35.2 Å². The lowest BCUT2D eigenvalue weighted by molar-refractivity contribution is -0.136. The molecule has 29 heavy (non-hydrogen) atoms. The summed E-state index contributed by atoms with van der Waals surface area (Å²) in [6, 6.07) is 7.52. The highest BCUT2D eigenvalue weighted by Crippen LogP contribution is 2.28. The van der Waals surface area contributed by atoms with Gasteiger partial charge in [0, 0.05) is 30.3 Å². The normalized spacial score (nSPS) is 18.4. The van der Waals surface area contributed by atoms with Gasteiger partial charge in [0.15, 0.2) is 0 Å². The number of amides is 4. The van der Waals surface area contributed by atoms with E-state index in [1.165, 1.54) is 4.90 Å². The number of fused-ring (bicyclic) bond motifs is 1. The molecule has 0 spiro atoms. The fraction of sp³-hybridized carbons (Fsp3) is 0.250. The van der Waals surface area contributed by atoms with Gasteiger partial charge in [0.1, 0.15) is 6.04 Å². The molecule has 1 aromatic carbocycles. The van der Waals surface area contributed by atoms with Crippen LogP contribution in [0, 0.1) is 0 Å². The molecule has 2 aliphatic heterocycles. The van der Waals surface area contributed by atoms with Gasteiger partial charge in [-0.25, -0.2) is 0 Å². The molecule has 2 aliphatic rings. The van der Waals surface area contributed by atoms with Crippen molar-refractivity contribution in [3.8, 4) is 0 Å². The van der Waals surface area contributed by atoms with Gasteiger partial charge in [-0.15, -0.1) is 0 Å². The van der Waals surface area contributed by atoms with Crippen molar-refractivity contribution in [3.63, 3.8) is 0 Å². The second-order valence-electron chi connectivity index (χ2n) is 6.89. The molecule has 2 N–H and O–H groups in total. The minimum atomic E-state index is -0.684. The smallest absolute Gasteiger partial charge is 0.255 e. The Hall–Kier alpha value is -3.26. The third-order valence-corrected chi connectivity index (χ3v) is 5.38. The van der Waals surface area contributed by atoms with E-state index in [2.05, 4.69) is 15.6 Å². The molecule has 1 saturated heterocycles. The van der Waals surface area contributed by atoms with Crippen molar-refractivity contribution in [2.24, 2.45) is 0 Å². The molecule has 4 amide bonds. The molecule has 0 bridgehead atoms. The van der Waals surface area contributed by atoms with E-state index < -0.39 is 11.9 Å². The first kappa shape index (κ1) is 19.1. The molecule has 0 unspecified atom stereocenters. The number of carbonyl (C=O) groups excluding carboxylic acids is 4. The van der Waals surface area contributed by atoms with Gasteiger partial charge >= 0.3 is 0 Å². The number of nitrogens with zero attached hydrogens (tertiary/aromatic N) is 2. The number of hydrogen-bond acceptors (Lipinski definition) is 5. The number of nitrogens with one attached hydrogen (secondary N) is 2. The second kappa shape index (κ2) is 7.63. The molecule has 1 aromatic heterocycles. The van der Waals surface area contributed by atoms with Crippen LogP contribution in [0.5, 0.6) is 0 Å². The summed E-state index contributed by atoms with van der Waals surface area (Å²) in [5.41, 5.74) is 2.08. The summed E-state index contributed by atoms with van der Waals surface area (Å²) in [6.07, 6.45) is 2.08. The summed E-state index contributed by atoms with van der Waals surface area (Å²) in [5.74, 6) is -1.39. The lowest BCUT2D eigenvalue weighted by atomic mass is 10.0. The summed E-state index contributed by atoms with van der Waals surface area (Å²) in [4.78, 5) is 54.2. The zero-order valence-corrected chi connectivity index (χ0v) is 16.0. The van der Waals surface area contributed by atoms with Crippen LogP contribution < -0.4 is 10.6 Å². The Kier molecular flexibility index (Phi) is 5.02. The third-order valence-electron chi connectivity index (χ3n) is 5.04. The molecule has 148 valence electrons. The number of hydrogen-bond donors (Lipinski definition) is 2. The highest BCUT2D eigenvalue weighted by Gasteiger charge is 2.39. The highest BCUT2D eigenvalue weighted by atomic mass is 35.5.